The fourth-order valence-electron chi connectivity index (χ4n) is 10.2. The van der Waals surface area contributed by atoms with Crippen molar-refractivity contribution in [3.63, 3.8) is 0 Å². The lowest BCUT2D eigenvalue weighted by Gasteiger charge is -2.21. The molecule has 0 fully saturated rings. The van der Waals surface area contributed by atoms with Crippen LogP contribution in [-0.2, 0) is 65.4 Å². The molecule has 5 atom stereocenters. The first kappa shape index (κ1) is 87.5. The summed E-state index contributed by atoms with van der Waals surface area (Å²) in [5.74, 6) is 0.00567. The van der Waals surface area contributed by atoms with E-state index in [9.17, 15) is 43.2 Å². The number of aliphatic hydroxyl groups is 1. The summed E-state index contributed by atoms with van der Waals surface area (Å²) in [6.45, 7) is 11.7. The van der Waals surface area contributed by atoms with Crippen molar-refractivity contribution in [1.82, 2.24) is 0 Å². The number of ether oxygens (including phenoxy) is 4. The van der Waals surface area contributed by atoms with Gasteiger partial charge in [0.15, 0.2) is 12.2 Å². The van der Waals surface area contributed by atoms with Gasteiger partial charge in [-0.15, -0.1) is 0 Å². The summed E-state index contributed by atoms with van der Waals surface area (Å²) in [6.07, 6.45) is 48.3. The number of aliphatic hydroxyl groups excluding tert-OH is 1. The number of hydrogen-bond acceptors (Lipinski definition) is 15. The van der Waals surface area contributed by atoms with Gasteiger partial charge in [-0.1, -0.05) is 278 Å². The van der Waals surface area contributed by atoms with Crippen LogP contribution in [0.3, 0.4) is 0 Å². The average molecular weight is 1320 g/mol. The number of unbranched alkanes of at least 4 members (excludes halogenated alkanes) is 32. The first-order valence-corrected chi connectivity index (χ1v) is 39.2. The normalized spacial score (nSPS) is 14.4. The van der Waals surface area contributed by atoms with Crippen LogP contribution in [0, 0.1) is 17.8 Å². The van der Waals surface area contributed by atoms with Crippen LogP contribution in [0.25, 0.3) is 0 Å². The Morgan fingerprint density at radius 1 is 0.344 bits per heavy atom. The number of phosphoric ester groups is 2. The van der Waals surface area contributed by atoms with Gasteiger partial charge in [-0.3, -0.25) is 37.3 Å². The van der Waals surface area contributed by atoms with Gasteiger partial charge in [-0.05, 0) is 69.1 Å². The highest BCUT2D eigenvalue weighted by Crippen LogP contribution is 2.45. The Morgan fingerprint density at radius 2 is 0.600 bits per heavy atom. The fourth-order valence-corrected chi connectivity index (χ4v) is 11.8. The van der Waals surface area contributed by atoms with Gasteiger partial charge in [0.05, 0.1) is 26.4 Å². The van der Waals surface area contributed by atoms with Crippen molar-refractivity contribution >= 4 is 39.5 Å². The predicted octanol–water partition coefficient (Wildman–Crippen LogP) is 19.8. The topological polar surface area (TPSA) is 237 Å². The molecular weight excluding hydrogens is 1190 g/mol. The molecule has 3 N–H and O–H groups in total. The fraction of sp³-hybridized carbons (Fsp3) is 0.887. The van der Waals surface area contributed by atoms with Gasteiger partial charge in [0.25, 0.3) is 0 Å². The monoisotopic (exact) mass is 1320 g/mol. The van der Waals surface area contributed by atoms with Crippen molar-refractivity contribution in [2.45, 2.75) is 349 Å². The van der Waals surface area contributed by atoms with Crippen molar-refractivity contribution in [1.29, 1.82) is 0 Å². The molecule has 530 valence electrons. The van der Waals surface area contributed by atoms with E-state index in [-0.39, 0.29) is 25.7 Å². The van der Waals surface area contributed by atoms with Gasteiger partial charge >= 0.3 is 39.5 Å². The standard InChI is InChI=1S/C71H134O17P2/c1-8-9-10-11-12-13-14-15-16-19-22-25-30-40-47-54-70(75)87-66(58-81-68(73)52-45-38-32-27-29-36-43-50-63(4)5)60-85-89(77,78)83-56-65(72)57-84-90(79,80)86-61-67(59-82-69(74)53-46-39-34-33-37-44-51-64(6)7)88-71(76)55-48-41-31-26-23-20-17-18-21-24-28-35-42-49-62(2)3/h13-16,62-67,72H,8-12,17-61H2,1-7H3,(H,77,78)(H,79,80)/b14-13-,16-15-/t65-,66-,67-/m1/s1. The highest BCUT2D eigenvalue weighted by Gasteiger charge is 2.30. The number of allylic oxidation sites excluding steroid dienone is 4. The molecule has 0 aromatic rings. The van der Waals surface area contributed by atoms with E-state index in [1.165, 1.54) is 116 Å². The van der Waals surface area contributed by atoms with Crippen LogP contribution in [0.5, 0.6) is 0 Å². The molecule has 2 unspecified atom stereocenters. The molecular formula is C71H134O17P2. The summed E-state index contributed by atoms with van der Waals surface area (Å²) in [6, 6.07) is 0. The number of carbonyl (C=O) groups excluding carboxylic acids is 4. The van der Waals surface area contributed by atoms with Crippen LogP contribution in [0.15, 0.2) is 24.3 Å². The van der Waals surface area contributed by atoms with Gasteiger partial charge in [0, 0.05) is 25.7 Å². The SMILES string of the molecule is CCCCCC/C=C\C=C/CCCCCCCC(=O)O[C@H](COC(=O)CCCCCCCCCC(C)C)COP(=O)(O)OC[C@@H](O)COP(=O)(O)OC[C@@H](COC(=O)CCCCCCCCC(C)C)OC(=O)CCCCCCCCCCCCCCCC(C)C. The Labute approximate surface area is 548 Å². The summed E-state index contributed by atoms with van der Waals surface area (Å²) < 4.78 is 68.2. The van der Waals surface area contributed by atoms with Crippen molar-refractivity contribution in [3.8, 4) is 0 Å². The molecule has 0 aromatic carbocycles. The third kappa shape index (κ3) is 64.3. The quantitative estimate of drug-likeness (QED) is 0.0169. The molecule has 19 heteroatoms. The zero-order valence-electron chi connectivity index (χ0n) is 58.1. The minimum atomic E-state index is -4.96. The molecule has 0 radical (unpaired) electrons. The number of carbonyl (C=O) groups is 4. The van der Waals surface area contributed by atoms with Crippen LogP contribution in [0.1, 0.15) is 331 Å². The van der Waals surface area contributed by atoms with E-state index < -0.39 is 97.5 Å². The van der Waals surface area contributed by atoms with E-state index in [0.29, 0.717) is 37.5 Å². The Kier molecular flexibility index (Phi) is 59.7. The average Bonchev–Trinajstić information content (AvgIpc) is 3.46. The molecule has 0 amide bonds. The number of rotatable bonds is 67. The van der Waals surface area contributed by atoms with E-state index in [0.717, 1.165) is 121 Å². The highest BCUT2D eigenvalue weighted by atomic mass is 31.2. The minimum absolute atomic E-state index is 0.0837. The maximum atomic E-state index is 13.0. The van der Waals surface area contributed by atoms with Gasteiger partial charge in [0.2, 0.25) is 0 Å². The molecule has 0 spiro atoms. The molecule has 0 rings (SSSR count). The molecule has 0 aliphatic rings. The van der Waals surface area contributed by atoms with Crippen molar-refractivity contribution in [2.75, 3.05) is 39.6 Å². The van der Waals surface area contributed by atoms with E-state index >= 15 is 0 Å². The van der Waals surface area contributed by atoms with Crippen LogP contribution in [0.2, 0.25) is 0 Å². The molecule has 0 bridgehead atoms. The first-order valence-electron chi connectivity index (χ1n) is 36.2. The lowest BCUT2D eigenvalue weighted by atomic mass is 10.0. The maximum Gasteiger partial charge on any atom is 0.472 e. The van der Waals surface area contributed by atoms with Crippen molar-refractivity contribution in [3.05, 3.63) is 24.3 Å². The number of phosphoric acid groups is 2. The summed E-state index contributed by atoms with van der Waals surface area (Å²) in [5, 5.41) is 10.6. The van der Waals surface area contributed by atoms with E-state index in [4.69, 9.17) is 37.0 Å². The summed E-state index contributed by atoms with van der Waals surface area (Å²) >= 11 is 0. The van der Waals surface area contributed by atoms with Crippen molar-refractivity contribution in [2.24, 2.45) is 17.8 Å². The highest BCUT2D eigenvalue weighted by molar-refractivity contribution is 7.47. The Balaban J connectivity index is 5.26. The molecule has 90 heavy (non-hydrogen) atoms. The number of esters is 4. The molecule has 0 aliphatic heterocycles. The van der Waals surface area contributed by atoms with Gasteiger partial charge in [-0.25, -0.2) is 9.13 Å². The smallest absolute Gasteiger partial charge is 0.462 e. The molecule has 0 saturated carbocycles. The van der Waals surface area contributed by atoms with Gasteiger partial charge < -0.3 is 33.8 Å². The second kappa shape index (κ2) is 61.4. The zero-order valence-corrected chi connectivity index (χ0v) is 59.9. The van der Waals surface area contributed by atoms with E-state index in [2.05, 4.69) is 72.8 Å². The van der Waals surface area contributed by atoms with Gasteiger partial charge in [-0.2, -0.15) is 0 Å². The second-order valence-corrected chi connectivity index (χ2v) is 29.3. The van der Waals surface area contributed by atoms with Crippen LogP contribution in [0.4, 0.5) is 0 Å². The second-order valence-electron chi connectivity index (χ2n) is 26.4. The Hall–Kier alpha value is -2.46. The summed E-state index contributed by atoms with van der Waals surface area (Å²) in [4.78, 5) is 72.5. The molecule has 0 heterocycles. The van der Waals surface area contributed by atoms with Gasteiger partial charge in [0.1, 0.15) is 19.3 Å². The van der Waals surface area contributed by atoms with Crippen LogP contribution < -0.4 is 0 Å². The largest absolute Gasteiger partial charge is 0.472 e. The van der Waals surface area contributed by atoms with E-state index in [1.54, 1.807) is 0 Å². The molecule has 0 aliphatic carbocycles. The maximum absolute atomic E-state index is 13.0. The van der Waals surface area contributed by atoms with E-state index in [1.807, 2.05) is 0 Å². The number of hydrogen-bond donors (Lipinski definition) is 3. The lowest BCUT2D eigenvalue weighted by Crippen LogP contribution is -2.30. The minimum Gasteiger partial charge on any atom is -0.462 e. The Bertz CT molecular complexity index is 1860. The predicted molar refractivity (Wildman–Crippen MR) is 363 cm³/mol. The van der Waals surface area contributed by atoms with Crippen LogP contribution >= 0.6 is 15.6 Å². The third-order valence-electron chi connectivity index (χ3n) is 15.8. The first-order chi connectivity index (χ1) is 43.2. The molecule has 0 saturated heterocycles. The molecule has 17 nitrogen and oxygen atoms in total. The van der Waals surface area contributed by atoms with Crippen molar-refractivity contribution < 1.29 is 80.2 Å². The molecule has 0 aromatic heterocycles. The zero-order chi connectivity index (χ0) is 66.6. The lowest BCUT2D eigenvalue weighted by molar-refractivity contribution is -0.161. The summed E-state index contributed by atoms with van der Waals surface area (Å²) in [7, 11) is -9.91. The summed E-state index contributed by atoms with van der Waals surface area (Å²) in [5.41, 5.74) is 0. The van der Waals surface area contributed by atoms with Crippen LogP contribution in [-0.4, -0.2) is 96.7 Å². The third-order valence-corrected chi connectivity index (χ3v) is 17.7. The Morgan fingerprint density at radius 3 is 0.900 bits per heavy atom.